The largest absolute Gasteiger partial charge is 0.314 e. The van der Waals surface area contributed by atoms with Crippen LogP contribution in [0, 0.1) is 0 Å². The van der Waals surface area contributed by atoms with E-state index in [1.807, 2.05) is 0 Å². The summed E-state index contributed by atoms with van der Waals surface area (Å²) in [5.41, 5.74) is 8.01. The normalized spacial score (nSPS) is 26.9. The van der Waals surface area contributed by atoms with Crippen molar-refractivity contribution >= 4 is 0 Å². The molecule has 0 unspecified atom stereocenters. The van der Waals surface area contributed by atoms with Crippen molar-refractivity contribution < 1.29 is 0 Å². The number of nitrogens with zero attached hydrogens (tertiary/aromatic N) is 3. The predicted molar refractivity (Wildman–Crippen MR) is 33.8 cm³/mol. The Kier molecular flexibility index (Phi) is 2.32. The highest BCUT2D eigenvalue weighted by Gasteiger charge is 2.07. The number of piperazine rings is 1. The summed E-state index contributed by atoms with van der Waals surface area (Å²) in [6.07, 6.45) is -0.0521. The SMILES string of the molecule is [N-]=[N+]=N[C@@H]1CNCCN1. The van der Waals surface area contributed by atoms with Gasteiger partial charge in [-0.1, -0.05) is 5.11 Å². The molecule has 0 aromatic rings. The Labute approximate surface area is 53.1 Å². The van der Waals surface area contributed by atoms with Gasteiger partial charge in [-0.25, -0.2) is 0 Å². The molecule has 1 rings (SSSR count). The molecule has 1 aliphatic heterocycles. The van der Waals surface area contributed by atoms with Crippen LogP contribution in [0.1, 0.15) is 0 Å². The molecule has 0 bridgehead atoms. The first-order chi connectivity index (χ1) is 4.43. The van der Waals surface area contributed by atoms with Gasteiger partial charge in [0, 0.05) is 24.5 Å². The topological polar surface area (TPSA) is 72.8 Å². The monoisotopic (exact) mass is 127 g/mol. The van der Waals surface area contributed by atoms with Gasteiger partial charge in [-0.05, 0) is 5.53 Å². The Morgan fingerprint density at radius 2 is 2.44 bits per heavy atom. The average Bonchev–Trinajstić information content (AvgIpc) is 1.91. The number of hydrogen-bond acceptors (Lipinski definition) is 3. The van der Waals surface area contributed by atoms with Gasteiger partial charge >= 0.3 is 0 Å². The lowest BCUT2D eigenvalue weighted by Crippen LogP contribution is -2.46. The van der Waals surface area contributed by atoms with Crippen molar-refractivity contribution in [2.24, 2.45) is 5.11 Å². The van der Waals surface area contributed by atoms with Crippen molar-refractivity contribution in [3.05, 3.63) is 10.4 Å². The number of hydrogen-bond donors (Lipinski definition) is 2. The molecule has 50 valence electrons. The van der Waals surface area contributed by atoms with E-state index in [-0.39, 0.29) is 6.17 Å². The molecule has 1 saturated heterocycles. The Balaban J connectivity index is 2.31. The number of rotatable bonds is 1. The summed E-state index contributed by atoms with van der Waals surface area (Å²) in [4.78, 5) is 2.68. The van der Waals surface area contributed by atoms with Crippen LogP contribution in [-0.4, -0.2) is 25.8 Å². The standard InChI is InChI=1S/C4H9N5/c5-9-8-4-3-6-1-2-7-4/h4,6-7H,1-3H2/t4-/m1/s1. The molecule has 5 nitrogen and oxygen atoms in total. The molecule has 0 aromatic heterocycles. The maximum Gasteiger partial charge on any atom is 0.0987 e. The molecular formula is C4H9N5. The average molecular weight is 127 g/mol. The van der Waals surface area contributed by atoms with Gasteiger partial charge in [0.2, 0.25) is 0 Å². The highest BCUT2D eigenvalue weighted by molar-refractivity contribution is 4.72. The van der Waals surface area contributed by atoms with E-state index in [9.17, 15) is 0 Å². The minimum atomic E-state index is -0.0521. The molecule has 1 aliphatic rings. The summed E-state index contributed by atoms with van der Waals surface area (Å²) >= 11 is 0. The van der Waals surface area contributed by atoms with Crippen LogP contribution in [0.5, 0.6) is 0 Å². The minimum Gasteiger partial charge on any atom is -0.314 e. The van der Waals surface area contributed by atoms with Gasteiger partial charge in [-0.3, -0.25) is 0 Å². The maximum absolute atomic E-state index is 8.01. The lowest BCUT2D eigenvalue weighted by atomic mass is 10.4. The van der Waals surface area contributed by atoms with Gasteiger partial charge < -0.3 is 10.6 Å². The van der Waals surface area contributed by atoms with Crippen LogP contribution in [0.3, 0.4) is 0 Å². The summed E-state index contributed by atoms with van der Waals surface area (Å²) in [5.74, 6) is 0. The van der Waals surface area contributed by atoms with Crippen LogP contribution in [0.2, 0.25) is 0 Å². The Morgan fingerprint density at radius 3 is 3.00 bits per heavy atom. The fourth-order valence-corrected chi connectivity index (χ4v) is 0.782. The van der Waals surface area contributed by atoms with Crippen LogP contribution < -0.4 is 10.6 Å². The first kappa shape index (κ1) is 6.35. The summed E-state index contributed by atoms with van der Waals surface area (Å²) in [7, 11) is 0. The molecule has 5 heteroatoms. The zero-order valence-electron chi connectivity index (χ0n) is 5.04. The first-order valence-electron chi connectivity index (χ1n) is 2.92. The second-order valence-corrected chi connectivity index (χ2v) is 1.88. The highest BCUT2D eigenvalue weighted by atomic mass is 15.3. The molecule has 0 spiro atoms. The van der Waals surface area contributed by atoms with Crippen LogP contribution in [0.25, 0.3) is 10.4 Å². The van der Waals surface area contributed by atoms with Gasteiger partial charge in [0.1, 0.15) is 0 Å². The van der Waals surface area contributed by atoms with Crippen LogP contribution in [0.15, 0.2) is 5.11 Å². The summed E-state index contributed by atoms with van der Waals surface area (Å²) in [6.45, 7) is 2.57. The van der Waals surface area contributed by atoms with E-state index in [2.05, 4.69) is 20.7 Å². The molecule has 0 radical (unpaired) electrons. The third-order valence-electron chi connectivity index (χ3n) is 1.21. The summed E-state index contributed by atoms with van der Waals surface area (Å²) in [5, 5.41) is 9.62. The van der Waals surface area contributed by atoms with Crippen LogP contribution >= 0.6 is 0 Å². The van der Waals surface area contributed by atoms with Crippen molar-refractivity contribution in [1.82, 2.24) is 10.6 Å². The number of nitrogens with one attached hydrogen (secondary N) is 2. The second kappa shape index (κ2) is 3.29. The molecule has 0 saturated carbocycles. The van der Waals surface area contributed by atoms with E-state index in [1.54, 1.807) is 0 Å². The quantitative estimate of drug-likeness (QED) is 0.291. The van der Waals surface area contributed by atoms with Crippen molar-refractivity contribution in [1.29, 1.82) is 0 Å². The molecule has 9 heavy (non-hydrogen) atoms. The van der Waals surface area contributed by atoms with E-state index in [4.69, 9.17) is 5.53 Å². The molecule has 0 aromatic carbocycles. The Hall–Kier alpha value is -0.770. The molecule has 2 N–H and O–H groups in total. The van der Waals surface area contributed by atoms with E-state index in [1.165, 1.54) is 0 Å². The third kappa shape index (κ3) is 1.89. The predicted octanol–water partition coefficient (Wildman–Crippen LogP) is -0.184. The van der Waals surface area contributed by atoms with E-state index >= 15 is 0 Å². The van der Waals surface area contributed by atoms with Crippen molar-refractivity contribution in [3.8, 4) is 0 Å². The second-order valence-electron chi connectivity index (χ2n) is 1.88. The highest BCUT2D eigenvalue weighted by Crippen LogP contribution is 1.87. The zero-order valence-corrected chi connectivity index (χ0v) is 5.04. The zero-order chi connectivity index (χ0) is 6.53. The smallest absolute Gasteiger partial charge is 0.0987 e. The lowest BCUT2D eigenvalue weighted by molar-refractivity contribution is 0.427. The summed E-state index contributed by atoms with van der Waals surface area (Å²) < 4.78 is 0. The molecule has 0 amide bonds. The fourth-order valence-electron chi connectivity index (χ4n) is 0.782. The van der Waals surface area contributed by atoms with Gasteiger partial charge in [0.15, 0.2) is 0 Å². The van der Waals surface area contributed by atoms with E-state index < -0.39 is 0 Å². The van der Waals surface area contributed by atoms with Crippen molar-refractivity contribution in [2.75, 3.05) is 19.6 Å². The van der Waals surface area contributed by atoms with E-state index in [0.29, 0.717) is 0 Å². The first-order valence-corrected chi connectivity index (χ1v) is 2.92. The lowest BCUT2D eigenvalue weighted by Gasteiger charge is -2.19. The van der Waals surface area contributed by atoms with Crippen LogP contribution in [-0.2, 0) is 0 Å². The molecule has 0 aliphatic carbocycles. The van der Waals surface area contributed by atoms with E-state index in [0.717, 1.165) is 19.6 Å². The number of azide groups is 1. The molecule has 1 fully saturated rings. The Bertz CT molecular complexity index is 121. The summed E-state index contributed by atoms with van der Waals surface area (Å²) in [6, 6.07) is 0. The Morgan fingerprint density at radius 1 is 1.56 bits per heavy atom. The van der Waals surface area contributed by atoms with Gasteiger partial charge in [0.05, 0.1) is 6.17 Å². The van der Waals surface area contributed by atoms with Gasteiger partial charge in [0.25, 0.3) is 0 Å². The third-order valence-corrected chi connectivity index (χ3v) is 1.21. The van der Waals surface area contributed by atoms with Crippen molar-refractivity contribution in [3.63, 3.8) is 0 Å². The van der Waals surface area contributed by atoms with Crippen LogP contribution in [0.4, 0.5) is 0 Å². The molecule has 1 atom stereocenters. The maximum atomic E-state index is 8.01. The van der Waals surface area contributed by atoms with Crippen molar-refractivity contribution in [2.45, 2.75) is 6.17 Å². The fraction of sp³-hybridized carbons (Fsp3) is 1.00. The molecular weight excluding hydrogens is 118 g/mol. The van der Waals surface area contributed by atoms with Gasteiger partial charge in [-0.2, -0.15) is 0 Å². The van der Waals surface area contributed by atoms with Gasteiger partial charge in [-0.15, -0.1) is 0 Å². The molecule has 1 heterocycles. The minimum absolute atomic E-state index is 0.0521.